The molecule has 4 amide bonds. The van der Waals surface area contributed by atoms with Crippen LogP contribution in [0.5, 0.6) is 0 Å². The van der Waals surface area contributed by atoms with E-state index in [1.807, 2.05) is 64.4 Å². The van der Waals surface area contributed by atoms with Gasteiger partial charge in [0.2, 0.25) is 17.7 Å². The minimum Gasteiger partial charge on any atom is -0.450 e. The average molecular weight is 658 g/mol. The van der Waals surface area contributed by atoms with Gasteiger partial charge in [-0.3, -0.25) is 14.4 Å². The normalized spacial score (nSPS) is 17.7. The third kappa shape index (κ3) is 11.1. The van der Waals surface area contributed by atoms with Gasteiger partial charge in [-0.25, -0.2) is 9.78 Å². The van der Waals surface area contributed by atoms with Gasteiger partial charge in [0.15, 0.2) is 0 Å². The van der Waals surface area contributed by atoms with Gasteiger partial charge in [-0.15, -0.1) is 11.3 Å². The van der Waals surface area contributed by atoms with Crippen molar-refractivity contribution < 1.29 is 29.0 Å². The van der Waals surface area contributed by atoms with Crippen molar-refractivity contribution >= 4 is 35.2 Å². The Balaban J connectivity index is 1.51. The van der Waals surface area contributed by atoms with Crippen LogP contribution in [-0.2, 0) is 19.1 Å². The second kappa shape index (κ2) is 17.4. The number of nitrogens with zero attached hydrogens (tertiary/aromatic N) is 2. The molecule has 1 aliphatic heterocycles. The quantitative estimate of drug-likeness (QED) is 0.185. The summed E-state index contributed by atoms with van der Waals surface area (Å²) in [6.45, 7) is 9.88. The summed E-state index contributed by atoms with van der Waals surface area (Å²) in [6.07, 6.45) is 5.23. The summed E-state index contributed by atoms with van der Waals surface area (Å²) < 4.78 is 4.72. The molecule has 0 radical (unpaired) electrons. The first kappa shape index (κ1) is 37.0. The summed E-state index contributed by atoms with van der Waals surface area (Å²) in [5.41, 5.74) is 9.12. The smallest absolute Gasteiger partial charge is 0.404 e. The fraction of sp³-hybridized carbons (Fsp3) is 0.618. The van der Waals surface area contributed by atoms with Crippen molar-refractivity contribution in [1.82, 2.24) is 20.5 Å². The first-order valence-electron chi connectivity index (χ1n) is 16.3. The summed E-state index contributed by atoms with van der Waals surface area (Å²) in [7, 11) is 0. The number of carbonyl (C=O) groups is 4. The lowest BCUT2D eigenvalue weighted by Crippen LogP contribution is -2.57. The molecule has 46 heavy (non-hydrogen) atoms. The number of carbonyl (C=O) groups excluding carboxylic acids is 4. The van der Waals surface area contributed by atoms with Gasteiger partial charge >= 0.3 is 6.09 Å². The number of unbranched alkanes of at least 4 members (excludes halogenated alkanes) is 6. The Morgan fingerprint density at radius 2 is 1.67 bits per heavy atom. The van der Waals surface area contributed by atoms with E-state index in [1.165, 1.54) is 4.90 Å². The molecule has 0 bridgehead atoms. The predicted octanol–water partition coefficient (Wildman–Crippen LogP) is 5.00. The van der Waals surface area contributed by atoms with Crippen molar-refractivity contribution in [2.24, 2.45) is 11.1 Å². The van der Waals surface area contributed by atoms with E-state index in [0.29, 0.717) is 19.4 Å². The van der Waals surface area contributed by atoms with E-state index in [9.17, 15) is 24.3 Å². The molecule has 1 aromatic heterocycles. The zero-order valence-electron chi connectivity index (χ0n) is 27.8. The number of aliphatic hydroxyl groups excluding tert-OH is 1. The number of hydrogen-bond acceptors (Lipinski definition) is 8. The van der Waals surface area contributed by atoms with Crippen molar-refractivity contribution in [3.63, 3.8) is 0 Å². The topological polar surface area (TPSA) is 164 Å². The first-order chi connectivity index (χ1) is 21.8. The van der Waals surface area contributed by atoms with Crippen LogP contribution in [0.1, 0.15) is 103 Å². The lowest BCUT2D eigenvalue weighted by Gasteiger charge is -2.35. The summed E-state index contributed by atoms with van der Waals surface area (Å²) in [4.78, 5) is 57.7. The van der Waals surface area contributed by atoms with E-state index in [-0.39, 0.29) is 36.7 Å². The molecule has 4 atom stereocenters. The van der Waals surface area contributed by atoms with Gasteiger partial charge in [0.05, 0.1) is 34.8 Å². The number of thiazole rings is 1. The molecule has 12 heteroatoms. The molecule has 1 unspecified atom stereocenters. The Kier molecular flexibility index (Phi) is 14.0. The van der Waals surface area contributed by atoms with E-state index >= 15 is 0 Å². The molecule has 254 valence electrons. The molecule has 1 saturated heterocycles. The molecule has 1 aromatic carbocycles. The second-order valence-corrected chi connectivity index (χ2v) is 14.1. The van der Waals surface area contributed by atoms with Crippen LogP contribution < -0.4 is 16.4 Å². The number of hydrogen-bond donors (Lipinski definition) is 4. The van der Waals surface area contributed by atoms with Crippen LogP contribution in [0.2, 0.25) is 0 Å². The third-order valence-corrected chi connectivity index (χ3v) is 9.33. The number of primary amides is 1. The molecule has 1 fully saturated rings. The number of β-amino-alcohol motifs (C(OH)–C–C–N with tert-alkyl or cyclic N) is 1. The Labute approximate surface area is 276 Å². The largest absolute Gasteiger partial charge is 0.450 e. The lowest BCUT2D eigenvalue weighted by molar-refractivity contribution is -0.144. The fourth-order valence-corrected chi connectivity index (χ4v) is 6.50. The highest BCUT2D eigenvalue weighted by Crippen LogP contribution is 2.29. The predicted molar refractivity (Wildman–Crippen MR) is 179 cm³/mol. The van der Waals surface area contributed by atoms with Gasteiger partial charge in [0.1, 0.15) is 12.1 Å². The number of aryl methyl sites for hydroxylation is 1. The van der Waals surface area contributed by atoms with Crippen LogP contribution in [0.25, 0.3) is 10.4 Å². The number of likely N-dealkylation sites (tertiary alicyclic amines) is 1. The Hall–Kier alpha value is -3.51. The summed E-state index contributed by atoms with van der Waals surface area (Å²) in [5.74, 6) is -0.905. The minimum absolute atomic E-state index is 0.0330. The molecule has 0 aliphatic carbocycles. The summed E-state index contributed by atoms with van der Waals surface area (Å²) in [6, 6.07) is 5.97. The highest BCUT2D eigenvalue weighted by Gasteiger charge is 2.44. The van der Waals surface area contributed by atoms with E-state index in [1.54, 1.807) is 11.3 Å². The van der Waals surface area contributed by atoms with Gasteiger partial charge in [-0.05, 0) is 43.2 Å². The molecule has 2 heterocycles. The number of nitrogens with two attached hydrogens (primary N) is 1. The highest BCUT2D eigenvalue weighted by atomic mass is 32.1. The number of nitrogens with one attached hydrogen (secondary N) is 2. The van der Waals surface area contributed by atoms with Crippen molar-refractivity contribution in [3.8, 4) is 10.4 Å². The minimum atomic E-state index is -0.844. The molecule has 5 N–H and O–H groups in total. The SMILES string of the molecule is Cc1ncsc1-c1ccc([C@H](C)NC(=O)[C@@H]2C[C@@H](O)CN2C(=O)C(NC(=O)CCCCCCCCCOC(N)=O)C(C)(C)C)cc1. The average Bonchev–Trinajstić information content (AvgIpc) is 3.61. The van der Waals surface area contributed by atoms with Crippen molar-refractivity contribution in [3.05, 3.63) is 41.0 Å². The number of amides is 4. The van der Waals surface area contributed by atoms with Crippen LogP contribution in [0, 0.1) is 12.3 Å². The number of aliphatic hydroxyl groups is 1. The monoisotopic (exact) mass is 657 g/mol. The van der Waals surface area contributed by atoms with Crippen molar-refractivity contribution in [2.75, 3.05) is 13.2 Å². The van der Waals surface area contributed by atoms with Crippen molar-refractivity contribution in [1.29, 1.82) is 0 Å². The highest BCUT2D eigenvalue weighted by molar-refractivity contribution is 7.13. The maximum absolute atomic E-state index is 13.9. The molecule has 0 spiro atoms. The van der Waals surface area contributed by atoms with E-state index in [2.05, 4.69) is 15.6 Å². The molecule has 0 saturated carbocycles. The zero-order valence-corrected chi connectivity index (χ0v) is 28.7. The maximum Gasteiger partial charge on any atom is 0.404 e. The number of ether oxygens (including phenoxy) is 1. The van der Waals surface area contributed by atoms with Gasteiger partial charge in [-0.2, -0.15) is 0 Å². The molecule has 11 nitrogen and oxygen atoms in total. The van der Waals surface area contributed by atoms with Crippen LogP contribution in [0.3, 0.4) is 0 Å². The summed E-state index contributed by atoms with van der Waals surface area (Å²) >= 11 is 1.58. The van der Waals surface area contributed by atoms with Crippen LogP contribution in [0.15, 0.2) is 29.8 Å². The van der Waals surface area contributed by atoms with E-state index < -0.39 is 29.7 Å². The van der Waals surface area contributed by atoms with Gasteiger partial charge in [0, 0.05) is 19.4 Å². The lowest BCUT2D eigenvalue weighted by atomic mass is 9.85. The molecule has 1 aliphatic rings. The number of benzene rings is 1. The first-order valence-corrected chi connectivity index (χ1v) is 17.2. The van der Waals surface area contributed by atoms with Crippen LogP contribution in [0.4, 0.5) is 4.79 Å². The second-order valence-electron chi connectivity index (χ2n) is 13.3. The van der Waals surface area contributed by atoms with E-state index in [0.717, 1.165) is 60.2 Å². The zero-order chi connectivity index (χ0) is 33.9. The Morgan fingerprint density at radius 1 is 1.04 bits per heavy atom. The molecule has 2 aromatic rings. The van der Waals surface area contributed by atoms with Gasteiger partial charge in [0.25, 0.3) is 0 Å². The number of aromatic nitrogens is 1. The molecular weight excluding hydrogens is 606 g/mol. The third-order valence-electron chi connectivity index (χ3n) is 8.35. The number of rotatable bonds is 16. The van der Waals surface area contributed by atoms with Crippen molar-refractivity contribution in [2.45, 2.75) is 117 Å². The molecule has 3 rings (SSSR count). The summed E-state index contributed by atoms with van der Waals surface area (Å²) in [5, 5.41) is 16.5. The Morgan fingerprint density at radius 3 is 2.26 bits per heavy atom. The standard InChI is InChI=1S/C34H51N5O6S/c1-22(24-14-16-25(17-15-24)29-23(2)36-21-46-29)37-31(42)27-19-26(40)20-39(27)32(43)30(34(3,4)5)38-28(41)13-11-9-7-6-8-10-12-18-45-33(35)44/h14-17,21-22,26-27,30,40H,6-13,18-20H2,1-5H3,(H2,35,44)(H,37,42)(H,38,41)/t22-,26+,27-,30?/m0/s1. The maximum atomic E-state index is 13.9. The van der Waals surface area contributed by atoms with Gasteiger partial charge in [-0.1, -0.05) is 77.1 Å². The van der Waals surface area contributed by atoms with Crippen LogP contribution >= 0.6 is 11.3 Å². The van der Waals surface area contributed by atoms with Gasteiger partial charge < -0.3 is 31.1 Å². The van der Waals surface area contributed by atoms with E-state index in [4.69, 9.17) is 10.5 Å². The Bertz CT molecular complexity index is 1310. The fourth-order valence-electron chi connectivity index (χ4n) is 5.69. The van der Waals surface area contributed by atoms with Crippen LogP contribution in [-0.4, -0.2) is 70.1 Å². The molecular formula is C34H51N5O6S.